The fourth-order valence-corrected chi connectivity index (χ4v) is 2.28. The Hall–Kier alpha value is -3.02. The first kappa shape index (κ1) is 12.0. The minimum Gasteiger partial charge on any atom is -0.505 e. The van der Waals surface area contributed by atoms with Crippen molar-refractivity contribution in [3.63, 3.8) is 0 Å². The molecule has 6 heteroatoms. The molecule has 0 atom stereocenters. The maximum atomic E-state index is 11.8. The summed E-state index contributed by atoms with van der Waals surface area (Å²) in [5.74, 6) is -1.35. The Morgan fingerprint density at radius 1 is 0.750 bits per heavy atom. The Balaban J connectivity index is 2.50. The maximum absolute atomic E-state index is 11.8. The van der Waals surface area contributed by atoms with Crippen molar-refractivity contribution >= 4 is 33.7 Å². The molecule has 1 aliphatic carbocycles. The first-order valence-electron chi connectivity index (χ1n) is 5.75. The summed E-state index contributed by atoms with van der Waals surface area (Å²) in [6.45, 7) is 0. The number of anilines is 2. The van der Waals surface area contributed by atoms with Crippen molar-refractivity contribution in [2.24, 2.45) is 0 Å². The first-order valence-corrected chi connectivity index (χ1v) is 5.75. The van der Waals surface area contributed by atoms with Crippen LogP contribution >= 0.6 is 0 Å². The largest absolute Gasteiger partial charge is 0.505 e. The number of allylic oxidation sites excluding steroid dienone is 2. The Labute approximate surface area is 112 Å². The number of nitrogens with two attached hydrogens (primary N) is 2. The van der Waals surface area contributed by atoms with Crippen LogP contribution in [0.2, 0.25) is 0 Å². The molecule has 0 fully saturated rings. The molecule has 20 heavy (non-hydrogen) atoms. The number of rotatable bonds is 0. The molecular formula is C14H10N2O4. The zero-order valence-electron chi connectivity index (χ0n) is 10.2. The second-order valence-corrected chi connectivity index (χ2v) is 4.53. The number of ketones is 2. The van der Waals surface area contributed by atoms with Gasteiger partial charge in [0.15, 0.2) is 11.6 Å². The minimum absolute atomic E-state index is 0.156. The molecule has 100 valence electrons. The lowest BCUT2D eigenvalue weighted by atomic mass is 9.90. The van der Waals surface area contributed by atoms with E-state index in [1.165, 1.54) is 12.1 Å². The van der Waals surface area contributed by atoms with E-state index in [-0.39, 0.29) is 56.3 Å². The number of phenolic OH excluding ortho intramolecular Hbond substituents is 2. The molecule has 0 aromatic heterocycles. The predicted octanol–water partition coefficient (Wildman–Crippen LogP) is 1.35. The molecule has 0 amide bonds. The summed E-state index contributed by atoms with van der Waals surface area (Å²) in [6, 6.07) is 2.67. The number of nitrogen functional groups attached to an aromatic ring is 2. The van der Waals surface area contributed by atoms with Crippen LogP contribution in [0.4, 0.5) is 11.4 Å². The fraction of sp³-hybridized carbons (Fsp3) is 0. The highest BCUT2D eigenvalue weighted by atomic mass is 16.3. The summed E-state index contributed by atoms with van der Waals surface area (Å²) in [5, 5.41) is 20.3. The van der Waals surface area contributed by atoms with Crippen molar-refractivity contribution in [3.8, 4) is 11.5 Å². The van der Waals surface area contributed by atoms with Crippen LogP contribution < -0.4 is 11.5 Å². The van der Waals surface area contributed by atoms with Crippen LogP contribution in [0.15, 0.2) is 24.3 Å². The molecule has 0 radical (unpaired) electrons. The molecule has 0 saturated heterocycles. The van der Waals surface area contributed by atoms with Gasteiger partial charge in [0, 0.05) is 21.9 Å². The first-order chi connectivity index (χ1) is 9.41. The summed E-state index contributed by atoms with van der Waals surface area (Å²) in [4.78, 5) is 23.6. The fourth-order valence-electron chi connectivity index (χ4n) is 2.28. The smallest absolute Gasteiger partial charge is 0.186 e. The van der Waals surface area contributed by atoms with Crippen LogP contribution in [0, 0.1) is 0 Å². The third-order valence-electron chi connectivity index (χ3n) is 3.39. The van der Waals surface area contributed by atoms with Crippen molar-refractivity contribution in [2.45, 2.75) is 0 Å². The van der Waals surface area contributed by atoms with Crippen LogP contribution in [-0.4, -0.2) is 21.8 Å². The summed E-state index contributed by atoms with van der Waals surface area (Å²) >= 11 is 0. The van der Waals surface area contributed by atoms with Crippen molar-refractivity contribution < 1.29 is 19.8 Å². The van der Waals surface area contributed by atoms with Gasteiger partial charge >= 0.3 is 0 Å². The molecule has 1 aliphatic rings. The van der Waals surface area contributed by atoms with Crippen LogP contribution in [0.1, 0.15) is 20.7 Å². The number of carbonyl (C=O) groups is 2. The topological polar surface area (TPSA) is 127 Å². The predicted molar refractivity (Wildman–Crippen MR) is 73.9 cm³/mol. The molecule has 0 saturated carbocycles. The third-order valence-corrected chi connectivity index (χ3v) is 3.39. The van der Waals surface area contributed by atoms with Gasteiger partial charge in [0.2, 0.25) is 0 Å². The Bertz CT molecular complexity index is 769. The van der Waals surface area contributed by atoms with E-state index in [1.807, 2.05) is 0 Å². The van der Waals surface area contributed by atoms with E-state index in [2.05, 4.69) is 0 Å². The third kappa shape index (κ3) is 1.38. The van der Waals surface area contributed by atoms with E-state index < -0.39 is 0 Å². The van der Waals surface area contributed by atoms with E-state index >= 15 is 0 Å². The average Bonchev–Trinajstić information content (AvgIpc) is 2.45. The molecule has 0 heterocycles. The molecule has 0 bridgehead atoms. The van der Waals surface area contributed by atoms with Crippen molar-refractivity contribution in [1.82, 2.24) is 0 Å². The van der Waals surface area contributed by atoms with Gasteiger partial charge in [-0.15, -0.1) is 0 Å². The molecule has 6 N–H and O–H groups in total. The zero-order valence-corrected chi connectivity index (χ0v) is 10.2. The standard InChI is InChI=1S/C14H10N2O4/c15-11-12(16)14(20)8-4-6-5(3-7(8)13(11)19)9(17)1-2-10(6)18/h1-4,19-20H,15-16H2. The summed E-state index contributed by atoms with van der Waals surface area (Å²) in [7, 11) is 0. The Morgan fingerprint density at radius 2 is 1.10 bits per heavy atom. The molecule has 2 aromatic carbocycles. The SMILES string of the molecule is Nc1c(N)c(O)c2cc3c(cc2c1O)C(=O)C=CC3=O. The molecule has 3 rings (SSSR count). The van der Waals surface area contributed by atoms with Crippen molar-refractivity contribution in [1.29, 1.82) is 0 Å². The lowest BCUT2D eigenvalue weighted by Gasteiger charge is -2.15. The highest BCUT2D eigenvalue weighted by molar-refractivity contribution is 6.24. The minimum atomic E-state index is -0.351. The number of hydrogen-bond acceptors (Lipinski definition) is 6. The van der Waals surface area contributed by atoms with Gasteiger partial charge in [-0.1, -0.05) is 0 Å². The summed E-state index contributed by atoms with van der Waals surface area (Å²) in [6.07, 6.45) is 2.32. The van der Waals surface area contributed by atoms with Gasteiger partial charge < -0.3 is 21.7 Å². The average molecular weight is 270 g/mol. The number of hydrogen-bond donors (Lipinski definition) is 4. The molecule has 0 unspecified atom stereocenters. The van der Waals surface area contributed by atoms with Gasteiger partial charge in [-0.05, 0) is 24.3 Å². The van der Waals surface area contributed by atoms with Crippen LogP contribution in [-0.2, 0) is 0 Å². The van der Waals surface area contributed by atoms with E-state index in [0.29, 0.717) is 0 Å². The van der Waals surface area contributed by atoms with Gasteiger partial charge in [-0.25, -0.2) is 0 Å². The van der Waals surface area contributed by atoms with Crippen LogP contribution in [0.5, 0.6) is 11.5 Å². The van der Waals surface area contributed by atoms with Gasteiger partial charge in [0.05, 0.1) is 0 Å². The van der Waals surface area contributed by atoms with Gasteiger partial charge in [-0.3, -0.25) is 9.59 Å². The molecular weight excluding hydrogens is 260 g/mol. The van der Waals surface area contributed by atoms with Crippen molar-refractivity contribution in [3.05, 3.63) is 35.4 Å². The lowest BCUT2D eigenvalue weighted by molar-refractivity contribution is 0.0994. The van der Waals surface area contributed by atoms with E-state index in [4.69, 9.17) is 11.5 Å². The Morgan fingerprint density at radius 3 is 1.45 bits per heavy atom. The molecule has 0 spiro atoms. The van der Waals surface area contributed by atoms with E-state index in [0.717, 1.165) is 12.2 Å². The number of fused-ring (bicyclic) bond motifs is 2. The number of carbonyl (C=O) groups excluding carboxylic acids is 2. The van der Waals surface area contributed by atoms with Gasteiger partial charge in [-0.2, -0.15) is 0 Å². The van der Waals surface area contributed by atoms with Crippen molar-refractivity contribution in [2.75, 3.05) is 11.5 Å². The number of phenols is 2. The highest BCUT2D eigenvalue weighted by Gasteiger charge is 2.23. The van der Waals surface area contributed by atoms with E-state index in [1.54, 1.807) is 0 Å². The summed E-state index contributed by atoms with van der Waals surface area (Å²) < 4.78 is 0. The monoisotopic (exact) mass is 270 g/mol. The number of aromatic hydroxyl groups is 2. The molecule has 6 nitrogen and oxygen atoms in total. The molecule has 0 aliphatic heterocycles. The normalized spacial score (nSPS) is 13.8. The summed E-state index contributed by atoms with van der Waals surface area (Å²) in [5.41, 5.74) is 11.2. The van der Waals surface area contributed by atoms with E-state index in [9.17, 15) is 19.8 Å². The van der Waals surface area contributed by atoms with Crippen LogP contribution in [0.25, 0.3) is 10.8 Å². The number of benzene rings is 2. The van der Waals surface area contributed by atoms with Gasteiger partial charge in [0.25, 0.3) is 0 Å². The van der Waals surface area contributed by atoms with Crippen LogP contribution in [0.3, 0.4) is 0 Å². The Kier molecular flexibility index (Phi) is 2.25. The quantitative estimate of drug-likeness (QED) is 0.325. The molecule has 2 aromatic rings. The highest BCUT2D eigenvalue weighted by Crippen LogP contribution is 2.44. The van der Waals surface area contributed by atoms with Gasteiger partial charge in [0.1, 0.15) is 22.9 Å². The lowest BCUT2D eigenvalue weighted by Crippen LogP contribution is -2.11. The second kappa shape index (κ2) is 3.74. The maximum Gasteiger partial charge on any atom is 0.186 e. The zero-order chi connectivity index (χ0) is 14.6. The second-order valence-electron chi connectivity index (χ2n) is 4.53.